The Hall–Kier alpha value is -5.33. The van der Waals surface area contributed by atoms with E-state index in [9.17, 15) is 24.0 Å². The number of hydrogen-bond donors (Lipinski definition) is 4. The molecule has 1 aromatic heterocycles. The van der Waals surface area contributed by atoms with Crippen molar-refractivity contribution in [1.29, 1.82) is 0 Å². The molecule has 0 unspecified atom stereocenters. The van der Waals surface area contributed by atoms with Crippen LogP contribution in [0.2, 0.25) is 0 Å². The summed E-state index contributed by atoms with van der Waals surface area (Å²) in [5.74, 6) is -3.21. The van der Waals surface area contributed by atoms with Crippen molar-refractivity contribution in [2.45, 2.75) is 97.6 Å². The Labute approximate surface area is 345 Å². The van der Waals surface area contributed by atoms with E-state index in [-0.39, 0.29) is 29.7 Å². The van der Waals surface area contributed by atoms with Crippen molar-refractivity contribution in [3.05, 3.63) is 117 Å². The van der Waals surface area contributed by atoms with Crippen molar-refractivity contribution in [3.8, 4) is 0 Å². The van der Waals surface area contributed by atoms with Gasteiger partial charge >= 0.3 is 11.9 Å². The van der Waals surface area contributed by atoms with Gasteiger partial charge in [-0.3, -0.25) is 24.1 Å². The molecule has 1 aliphatic carbocycles. The third-order valence-corrected chi connectivity index (χ3v) is 12.2. The second-order valence-corrected chi connectivity index (χ2v) is 16.4. The zero-order chi connectivity index (χ0) is 41.8. The molecule has 12 heteroatoms. The molecule has 5 rings (SSSR count). The molecule has 0 spiro atoms. The lowest BCUT2D eigenvalue weighted by atomic mass is 9.95. The largest absolute Gasteiger partial charge is 0.481 e. The third kappa shape index (κ3) is 11.9. The van der Waals surface area contributed by atoms with Crippen LogP contribution in [0.15, 0.2) is 72.8 Å². The van der Waals surface area contributed by atoms with Crippen LogP contribution in [-0.4, -0.2) is 75.9 Å². The van der Waals surface area contributed by atoms with Gasteiger partial charge in [0.2, 0.25) is 5.91 Å². The van der Waals surface area contributed by atoms with E-state index in [0.717, 1.165) is 91.5 Å². The highest BCUT2D eigenvalue weighted by Crippen LogP contribution is 2.39. The van der Waals surface area contributed by atoms with Gasteiger partial charge in [0.15, 0.2) is 0 Å². The van der Waals surface area contributed by atoms with E-state index in [2.05, 4.69) is 29.4 Å². The lowest BCUT2D eigenvalue weighted by Crippen LogP contribution is -2.38. The van der Waals surface area contributed by atoms with Gasteiger partial charge in [-0.2, -0.15) is 0 Å². The number of fused-ring (bicyclic) bond motifs is 1. The van der Waals surface area contributed by atoms with Crippen molar-refractivity contribution in [3.63, 3.8) is 0 Å². The fourth-order valence-electron chi connectivity index (χ4n) is 7.71. The van der Waals surface area contributed by atoms with Gasteiger partial charge in [0.1, 0.15) is 5.00 Å². The number of nitrogens with one attached hydrogen (secondary N) is 2. The molecule has 0 saturated heterocycles. The molecule has 4 N–H and O–H groups in total. The lowest BCUT2D eigenvalue weighted by Gasteiger charge is -2.31. The molecule has 0 bridgehead atoms. The maximum absolute atomic E-state index is 13.9. The number of carboxylic acids is 2. The number of aliphatic carboxylic acids is 1. The lowest BCUT2D eigenvalue weighted by molar-refractivity contribution is -0.143. The standard InChI is InChI=1S/C46H56N4O7S/c1-5-37(6-2)50(26-10-25-49(4)45(55)30(3)27-40(51)52)29-33-11-9-12-35(28-33)42(53)48-44-41(38-13-7-8-14-39(38)58-44)43(54)47-36-23-19-32(20-24-36)16-15-31-17-21-34(22-18-31)46(56)57/h9,11-12,17-24,28,30,37H,5-8,10,13-16,25-27,29H2,1-4H3,(H,47,54)(H,48,53)(H,51,52)(H,56,57)/t30-/m1/s1. The van der Waals surface area contributed by atoms with E-state index in [1.54, 1.807) is 37.1 Å². The molecule has 3 amide bonds. The normalized spacial score (nSPS) is 12.9. The third-order valence-electron chi connectivity index (χ3n) is 11.0. The van der Waals surface area contributed by atoms with Crippen LogP contribution in [0.5, 0.6) is 0 Å². The number of hydrogen-bond acceptors (Lipinski definition) is 7. The summed E-state index contributed by atoms with van der Waals surface area (Å²) in [6.07, 6.45) is 7.64. The molecule has 11 nitrogen and oxygen atoms in total. The first-order chi connectivity index (χ1) is 27.9. The Bertz CT molecular complexity index is 2060. The van der Waals surface area contributed by atoms with Crippen molar-refractivity contribution in [2.75, 3.05) is 30.8 Å². The molecule has 0 aliphatic heterocycles. The predicted octanol–water partition coefficient (Wildman–Crippen LogP) is 8.56. The van der Waals surface area contributed by atoms with Crippen LogP contribution in [0.4, 0.5) is 10.7 Å². The van der Waals surface area contributed by atoms with Crippen LogP contribution in [0.3, 0.4) is 0 Å². The van der Waals surface area contributed by atoms with E-state index in [4.69, 9.17) is 10.2 Å². The maximum atomic E-state index is 13.9. The van der Waals surface area contributed by atoms with Crippen LogP contribution in [-0.2, 0) is 41.8 Å². The molecule has 1 aliphatic rings. The second kappa shape index (κ2) is 20.9. The average Bonchev–Trinajstić information content (AvgIpc) is 3.58. The smallest absolute Gasteiger partial charge is 0.335 e. The highest BCUT2D eigenvalue weighted by atomic mass is 32.1. The van der Waals surface area contributed by atoms with Crippen molar-refractivity contribution in [1.82, 2.24) is 9.80 Å². The van der Waals surface area contributed by atoms with Crippen LogP contribution in [0, 0.1) is 5.92 Å². The number of anilines is 2. The molecule has 0 fully saturated rings. The number of rotatable bonds is 20. The number of thiophene rings is 1. The molecule has 1 heterocycles. The average molecular weight is 809 g/mol. The molecule has 4 aromatic rings. The quantitative estimate of drug-likeness (QED) is 0.0692. The van der Waals surface area contributed by atoms with Gasteiger partial charge in [-0.25, -0.2) is 4.79 Å². The number of carbonyl (C=O) groups is 5. The minimum Gasteiger partial charge on any atom is -0.481 e. The fraction of sp³-hybridized carbons (Fsp3) is 0.413. The van der Waals surface area contributed by atoms with Crippen LogP contribution >= 0.6 is 11.3 Å². The number of benzene rings is 3. The second-order valence-electron chi connectivity index (χ2n) is 15.3. The van der Waals surface area contributed by atoms with Gasteiger partial charge in [0.25, 0.3) is 11.8 Å². The number of amides is 3. The molecule has 308 valence electrons. The summed E-state index contributed by atoms with van der Waals surface area (Å²) >= 11 is 1.49. The SMILES string of the molecule is CCC(CC)N(CCCN(C)C(=O)[C@H](C)CC(=O)O)Cc1cccc(C(=O)Nc2sc3c(c2C(=O)Nc2ccc(CCc4ccc(C(=O)O)cc4)cc2)CCCC3)c1. The highest BCUT2D eigenvalue weighted by molar-refractivity contribution is 7.17. The summed E-state index contributed by atoms with van der Waals surface area (Å²) in [6, 6.07) is 22.5. The minimum absolute atomic E-state index is 0.173. The molecule has 0 radical (unpaired) electrons. The number of aryl methyl sites for hydroxylation is 3. The molecule has 0 saturated carbocycles. The summed E-state index contributed by atoms with van der Waals surface area (Å²) in [4.78, 5) is 67.9. The summed E-state index contributed by atoms with van der Waals surface area (Å²) in [6.45, 7) is 7.84. The topological polar surface area (TPSA) is 156 Å². The summed E-state index contributed by atoms with van der Waals surface area (Å²) in [5.41, 5.74) is 6.09. The number of carboxylic acid groups (broad SMARTS) is 2. The number of carbonyl (C=O) groups excluding carboxylic acids is 3. The van der Waals surface area contributed by atoms with E-state index in [0.29, 0.717) is 40.9 Å². The highest BCUT2D eigenvalue weighted by Gasteiger charge is 2.27. The Morgan fingerprint density at radius 2 is 1.43 bits per heavy atom. The Morgan fingerprint density at radius 3 is 2.07 bits per heavy atom. The first-order valence-electron chi connectivity index (χ1n) is 20.3. The molecular formula is C46H56N4O7S. The maximum Gasteiger partial charge on any atom is 0.335 e. The fourth-order valence-corrected chi connectivity index (χ4v) is 8.99. The van der Waals surface area contributed by atoms with Crippen molar-refractivity contribution >= 4 is 51.7 Å². The Morgan fingerprint density at radius 1 is 0.776 bits per heavy atom. The number of aromatic carboxylic acids is 1. The van der Waals surface area contributed by atoms with Crippen LogP contribution in [0.1, 0.15) is 118 Å². The zero-order valence-electron chi connectivity index (χ0n) is 34.0. The monoisotopic (exact) mass is 808 g/mol. The molecular weight excluding hydrogens is 753 g/mol. The van der Waals surface area contributed by atoms with Crippen LogP contribution in [0.25, 0.3) is 0 Å². The summed E-state index contributed by atoms with van der Waals surface area (Å²) in [7, 11) is 1.72. The zero-order valence-corrected chi connectivity index (χ0v) is 34.8. The van der Waals surface area contributed by atoms with Crippen molar-refractivity contribution < 1.29 is 34.2 Å². The van der Waals surface area contributed by atoms with E-state index in [1.165, 1.54) is 11.3 Å². The van der Waals surface area contributed by atoms with E-state index >= 15 is 0 Å². The minimum atomic E-state index is -0.984. The van der Waals surface area contributed by atoms with Crippen molar-refractivity contribution in [2.24, 2.45) is 5.92 Å². The van der Waals surface area contributed by atoms with Gasteiger partial charge in [-0.1, -0.05) is 57.2 Å². The molecule has 58 heavy (non-hydrogen) atoms. The van der Waals surface area contributed by atoms with Gasteiger partial charge in [0.05, 0.1) is 17.5 Å². The number of nitrogens with zero attached hydrogens (tertiary/aromatic N) is 2. The van der Waals surface area contributed by atoms with E-state index in [1.807, 2.05) is 54.6 Å². The van der Waals surface area contributed by atoms with Crippen LogP contribution < -0.4 is 10.6 Å². The van der Waals surface area contributed by atoms with Gasteiger partial charge < -0.3 is 25.7 Å². The van der Waals surface area contributed by atoms with Gasteiger partial charge in [0, 0.05) is 54.8 Å². The van der Waals surface area contributed by atoms with Gasteiger partial charge in [-0.05, 0) is 116 Å². The Balaban J connectivity index is 1.23. The first-order valence-corrected chi connectivity index (χ1v) is 21.2. The molecule has 3 aromatic carbocycles. The first kappa shape index (κ1) is 43.8. The Kier molecular flexibility index (Phi) is 15.8. The molecule has 1 atom stereocenters. The predicted molar refractivity (Wildman–Crippen MR) is 229 cm³/mol. The van der Waals surface area contributed by atoms with Gasteiger partial charge in [-0.15, -0.1) is 11.3 Å². The summed E-state index contributed by atoms with van der Waals surface area (Å²) < 4.78 is 0. The summed E-state index contributed by atoms with van der Waals surface area (Å²) in [5, 5.41) is 25.0. The van der Waals surface area contributed by atoms with E-state index < -0.39 is 17.9 Å².